The minimum Gasteiger partial charge on any atom is -0.520 e. The number of nitrogens with zero attached hydrogens (tertiary/aromatic N) is 1. The predicted octanol–water partition coefficient (Wildman–Crippen LogP) is 3.41. The number of aliphatic carboxylic acids is 1. The van der Waals surface area contributed by atoms with E-state index in [4.69, 9.17) is 4.74 Å². The molecule has 1 atom stereocenters. The van der Waals surface area contributed by atoms with Crippen LogP contribution in [0, 0.1) is 6.92 Å². The van der Waals surface area contributed by atoms with Crippen molar-refractivity contribution in [2.24, 2.45) is 0 Å². The summed E-state index contributed by atoms with van der Waals surface area (Å²) in [7, 11) is 0. The van der Waals surface area contributed by atoms with Gasteiger partial charge in [0, 0.05) is 17.5 Å². The normalized spacial score (nSPS) is 11.5. The Morgan fingerprint density at radius 2 is 1.82 bits per heavy atom. The number of aromatic nitrogens is 1. The fourth-order valence-electron chi connectivity index (χ4n) is 2.71. The van der Waals surface area contributed by atoms with Crippen LogP contribution < -0.4 is 5.32 Å². The minimum atomic E-state index is -1.17. The molecular weight excluding hydrogens is 605 g/mol. The van der Waals surface area contributed by atoms with Gasteiger partial charge in [-0.05, 0) is 39.3 Å². The second-order valence-corrected chi connectivity index (χ2v) is 6.74. The van der Waals surface area contributed by atoms with Crippen LogP contribution in [0.5, 0.6) is 0 Å². The van der Waals surface area contributed by atoms with Crippen LogP contribution in [0.15, 0.2) is 24.3 Å². The van der Waals surface area contributed by atoms with E-state index in [-0.39, 0.29) is 6.42 Å². The molecule has 1 aromatic heterocycles. The van der Waals surface area contributed by atoms with Gasteiger partial charge in [-0.2, -0.15) is 6.41 Å². The number of fused-ring (bicyclic) bond motifs is 1. The Morgan fingerprint density at radius 3 is 2.32 bits per heavy atom. The first kappa shape index (κ1) is 24.2. The molecule has 0 aliphatic carbocycles. The summed E-state index contributed by atoms with van der Waals surface area (Å²) in [5.74, 6) is -1.17. The number of nitrogens with one attached hydrogen (secondary N) is 1. The molecule has 1 amide bonds. The van der Waals surface area contributed by atoms with Crippen LogP contribution in [0.3, 0.4) is 0 Å². The van der Waals surface area contributed by atoms with Gasteiger partial charge in [0.15, 0.2) is 0 Å². The number of rotatable bonds is 5. The first-order valence-corrected chi connectivity index (χ1v) is 8.83. The largest absolute Gasteiger partial charge is 0.520 e. The zero-order valence-electron chi connectivity index (χ0n) is 16.9. The summed E-state index contributed by atoms with van der Waals surface area (Å²) in [6.07, 6.45) is 0.920. The fourth-order valence-corrected chi connectivity index (χ4v) is 2.71. The summed E-state index contributed by atoms with van der Waals surface area (Å²) in [5.41, 5.74) is 1.21. The van der Waals surface area contributed by atoms with Crippen molar-refractivity contribution in [2.75, 3.05) is 0 Å². The molecule has 2 rings (SSSR count). The van der Waals surface area contributed by atoms with Gasteiger partial charge >= 0.3 is 12.1 Å². The number of carboxylic acid groups (broad SMARTS) is 1. The quantitative estimate of drug-likeness (QED) is 0.389. The maximum absolute atomic E-state index is 12.6. The average Bonchev–Trinajstić information content (AvgIpc) is 2.86. The van der Waals surface area contributed by atoms with Crippen molar-refractivity contribution in [2.45, 2.75) is 59.6 Å². The van der Waals surface area contributed by atoms with Crippen molar-refractivity contribution in [1.82, 2.24) is 9.88 Å². The predicted molar refractivity (Wildman–Crippen MR) is 104 cm³/mol. The molecule has 0 bridgehead atoms. The van der Waals surface area contributed by atoms with Crippen LogP contribution in [-0.2, 0) is 20.7 Å². The molecule has 160 valence electrons. The topological polar surface area (TPSA) is 97.6 Å². The number of amides is 1. The van der Waals surface area contributed by atoms with E-state index in [9.17, 15) is 19.5 Å². The van der Waals surface area contributed by atoms with Gasteiger partial charge in [0.2, 0.25) is 0 Å². The molecule has 0 aliphatic rings. The molecule has 0 spiro atoms. The summed E-state index contributed by atoms with van der Waals surface area (Å²) in [5, 5.41) is 12.2. The first-order chi connectivity index (χ1) is 12.7. The summed E-state index contributed by atoms with van der Waals surface area (Å²) in [6.45, 7) is 11.0. The molecule has 8 heteroatoms. The van der Waals surface area contributed by atoms with Gasteiger partial charge in [0.05, 0.1) is 5.52 Å². The van der Waals surface area contributed by atoms with E-state index in [0.717, 1.165) is 5.39 Å². The van der Waals surface area contributed by atoms with Crippen molar-refractivity contribution < 1.29 is 24.2 Å². The molecule has 1 heterocycles. The number of hydrogen-bond acceptors (Lipinski definition) is 4. The summed E-state index contributed by atoms with van der Waals surface area (Å²) < 4.78 is 6.89. The standard InChI is InChI=1S/C18H21N2O5.C2H6.Fm/c1-11-13(9-14(16(22)23)19-10-21)12-7-5-6-8-15(12)20(11)17(24)25-18(2,3)4;1-2;/h5-8,14H,9H2,1-4H3,(H,19,21)(H,22,23);1-2H3;/q-1;;. The third-order valence-corrected chi connectivity index (χ3v) is 3.76. The Labute approximate surface area is 159 Å². The number of carboxylic acids is 1. The van der Waals surface area contributed by atoms with E-state index in [2.05, 4.69) is 5.32 Å². The van der Waals surface area contributed by atoms with Gasteiger partial charge < -0.3 is 20.0 Å². The number of benzene rings is 1. The summed E-state index contributed by atoms with van der Waals surface area (Å²) in [6, 6.07) is 6.04. The van der Waals surface area contributed by atoms with E-state index in [1.54, 1.807) is 45.9 Å². The van der Waals surface area contributed by atoms with E-state index >= 15 is 0 Å². The third kappa shape index (κ3) is 5.33. The number of carbonyl (C=O) groups is 2. The number of carbonyl (C=O) groups excluding carboxylic acids is 2. The van der Waals surface area contributed by atoms with Gasteiger partial charge in [0.25, 0.3) is 0 Å². The van der Waals surface area contributed by atoms with Crippen molar-refractivity contribution in [1.29, 1.82) is 0 Å². The monoisotopic (exact) mass is 632 g/mol. The Kier molecular flexibility index (Phi) is 8.42. The van der Waals surface area contributed by atoms with Gasteiger partial charge in [-0.25, -0.2) is 9.36 Å². The molecular formula is C20H27FmN2O5-. The molecule has 0 aliphatic heterocycles. The SMILES string of the molecule is CC.Cc1c(CC(N[C-]=O)C(=O)O)c2ccccc2n1C(=O)OC(C)(C)C.[Fm]. The average molecular weight is 632 g/mol. The van der Waals surface area contributed by atoms with Crippen LogP contribution >= 0.6 is 0 Å². The molecule has 7 nitrogen and oxygen atoms in total. The van der Waals surface area contributed by atoms with E-state index in [1.165, 1.54) is 11.0 Å². The van der Waals surface area contributed by atoms with Crippen LogP contribution in [0.2, 0.25) is 0 Å². The zero-order valence-corrected chi connectivity index (χ0v) is 19.3. The second-order valence-electron chi connectivity index (χ2n) is 6.74. The van der Waals surface area contributed by atoms with Crippen molar-refractivity contribution >= 4 is 29.4 Å². The van der Waals surface area contributed by atoms with E-state index in [0.29, 0.717) is 16.8 Å². The van der Waals surface area contributed by atoms with Crippen LogP contribution in [-0.4, -0.2) is 39.8 Å². The first-order valence-electron chi connectivity index (χ1n) is 8.83. The van der Waals surface area contributed by atoms with E-state index in [1.807, 2.05) is 19.9 Å². The Morgan fingerprint density at radius 1 is 1.25 bits per heavy atom. The van der Waals surface area contributed by atoms with Gasteiger partial charge in [-0.1, -0.05) is 32.0 Å². The molecule has 2 N–H and O–H groups in total. The van der Waals surface area contributed by atoms with Crippen LogP contribution in [0.25, 0.3) is 10.9 Å². The Bertz CT molecular complexity index is 824. The molecule has 1 unspecified atom stereocenters. The maximum Gasteiger partial charge on any atom is 0.419 e. The molecule has 28 heavy (non-hydrogen) atoms. The molecule has 0 saturated heterocycles. The van der Waals surface area contributed by atoms with Crippen molar-refractivity contribution in [3.63, 3.8) is 0 Å². The van der Waals surface area contributed by atoms with E-state index < -0.39 is 23.7 Å². The van der Waals surface area contributed by atoms with Gasteiger partial charge in [0.1, 0.15) is 11.6 Å². The number of para-hydroxylation sites is 1. The third-order valence-electron chi connectivity index (χ3n) is 3.76. The molecule has 0 saturated carbocycles. The Hall–Kier alpha value is -3.83. The Balaban J connectivity index is 0.00000235. The van der Waals surface area contributed by atoms with Crippen LogP contribution in [0.4, 0.5) is 4.79 Å². The minimum absolute atomic E-state index is 0. The van der Waals surface area contributed by atoms with Crippen molar-refractivity contribution in [3.8, 4) is 0 Å². The molecule has 1 aromatic carbocycles. The van der Waals surface area contributed by atoms with Gasteiger partial charge in [-0.15, -0.1) is 0 Å². The summed E-state index contributed by atoms with van der Waals surface area (Å²) >= 11 is 0. The van der Waals surface area contributed by atoms with Gasteiger partial charge in [-0.3, -0.25) is 4.79 Å². The number of ether oxygens (including phenoxy) is 1. The molecule has 2 aromatic rings. The maximum atomic E-state index is 12.6. The zero-order chi connectivity index (χ0) is 20.8. The second kappa shape index (κ2) is 9.75. The molecule has 0 fully saturated rings. The summed E-state index contributed by atoms with van der Waals surface area (Å²) in [4.78, 5) is 34.5. The fraction of sp³-hybridized carbons (Fsp3) is 0.450. The van der Waals surface area contributed by atoms with Crippen molar-refractivity contribution in [3.05, 3.63) is 35.5 Å². The smallest absolute Gasteiger partial charge is 0.419 e. The molecule has 0 radical (unpaired) electrons. The van der Waals surface area contributed by atoms with Crippen LogP contribution in [0.1, 0.15) is 45.9 Å². The number of hydrogen-bond donors (Lipinski definition) is 2.